The van der Waals surface area contributed by atoms with E-state index < -0.39 is 0 Å². The van der Waals surface area contributed by atoms with Gasteiger partial charge in [0.1, 0.15) is 0 Å². The zero-order chi connectivity index (χ0) is 15.3. The minimum Gasteiger partial charge on any atom is -0.313 e. The summed E-state index contributed by atoms with van der Waals surface area (Å²) in [6, 6.07) is 1.51. The Morgan fingerprint density at radius 2 is 1.57 bits per heavy atom. The molecule has 1 aliphatic heterocycles. The molecule has 0 aromatic carbocycles. The predicted octanol–water partition coefficient (Wildman–Crippen LogP) is 4.45. The lowest BCUT2D eigenvalue weighted by molar-refractivity contribution is 0.0539. The lowest BCUT2D eigenvalue weighted by Gasteiger charge is -2.47. The average Bonchev–Trinajstić information content (AvgIpc) is 2.38. The maximum atomic E-state index is 3.80. The Morgan fingerprint density at radius 3 is 2.14 bits per heavy atom. The molecule has 1 N–H and O–H groups in total. The lowest BCUT2D eigenvalue weighted by Crippen LogP contribution is -2.55. The predicted molar refractivity (Wildman–Crippen MR) is 92.7 cm³/mol. The molecule has 124 valence electrons. The van der Waals surface area contributed by atoms with Crippen LogP contribution in [-0.2, 0) is 0 Å². The summed E-state index contributed by atoms with van der Waals surface area (Å²) in [5.41, 5.74) is 0.470. The molecule has 1 saturated carbocycles. The number of nitrogens with zero attached hydrogens (tertiary/aromatic N) is 1. The van der Waals surface area contributed by atoms with Crippen molar-refractivity contribution in [2.45, 2.75) is 91.1 Å². The van der Waals surface area contributed by atoms with Crippen LogP contribution >= 0.6 is 0 Å². The summed E-state index contributed by atoms with van der Waals surface area (Å²) in [7, 11) is 0. The van der Waals surface area contributed by atoms with Gasteiger partial charge in [0.05, 0.1) is 0 Å². The standard InChI is InChI=1S/C19H38N2/c1-5-20-17-12-11-16(19(2,3)4)15-18(17)21-13-9-7-6-8-10-14-21/h16-18,20H,5-15H2,1-4H3. The van der Waals surface area contributed by atoms with Crippen molar-refractivity contribution in [3.8, 4) is 0 Å². The zero-order valence-electron chi connectivity index (χ0n) is 15.0. The summed E-state index contributed by atoms with van der Waals surface area (Å²) in [4.78, 5) is 2.85. The largest absolute Gasteiger partial charge is 0.313 e. The molecule has 1 heterocycles. The highest BCUT2D eigenvalue weighted by molar-refractivity contribution is 4.94. The Morgan fingerprint density at radius 1 is 0.952 bits per heavy atom. The van der Waals surface area contributed by atoms with Gasteiger partial charge in [-0.15, -0.1) is 0 Å². The van der Waals surface area contributed by atoms with E-state index >= 15 is 0 Å². The van der Waals surface area contributed by atoms with Crippen LogP contribution in [-0.4, -0.2) is 36.6 Å². The summed E-state index contributed by atoms with van der Waals surface area (Å²) >= 11 is 0. The molecule has 2 aliphatic rings. The van der Waals surface area contributed by atoms with Crippen LogP contribution in [0.3, 0.4) is 0 Å². The molecule has 0 radical (unpaired) electrons. The first-order valence-corrected chi connectivity index (χ1v) is 9.49. The van der Waals surface area contributed by atoms with Crippen LogP contribution in [0.2, 0.25) is 0 Å². The Hall–Kier alpha value is -0.0800. The number of hydrogen-bond acceptors (Lipinski definition) is 2. The SMILES string of the molecule is CCNC1CCC(C(C)(C)C)CC1N1CCCCCCC1. The van der Waals surface area contributed by atoms with Crippen molar-refractivity contribution in [1.29, 1.82) is 0 Å². The van der Waals surface area contributed by atoms with Crippen LogP contribution in [0, 0.1) is 11.3 Å². The molecule has 0 aromatic rings. The highest BCUT2D eigenvalue weighted by Gasteiger charge is 2.38. The third-order valence-corrected chi connectivity index (χ3v) is 5.87. The molecule has 2 rings (SSSR count). The number of hydrogen-bond donors (Lipinski definition) is 1. The van der Waals surface area contributed by atoms with Gasteiger partial charge >= 0.3 is 0 Å². The molecular weight excluding hydrogens is 256 g/mol. The Kier molecular flexibility index (Phi) is 6.55. The van der Waals surface area contributed by atoms with Gasteiger partial charge in [0.2, 0.25) is 0 Å². The van der Waals surface area contributed by atoms with E-state index in [9.17, 15) is 0 Å². The molecule has 0 aromatic heterocycles. The van der Waals surface area contributed by atoms with Crippen LogP contribution in [0.5, 0.6) is 0 Å². The maximum Gasteiger partial charge on any atom is 0.0252 e. The van der Waals surface area contributed by atoms with Crippen molar-refractivity contribution in [2.24, 2.45) is 11.3 Å². The van der Waals surface area contributed by atoms with Crippen molar-refractivity contribution >= 4 is 0 Å². The van der Waals surface area contributed by atoms with Crippen molar-refractivity contribution in [3.63, 3.8) is 0 Å². The minimum absolute atomic E-state index is 0.470. The van der Waals surface area contributed by atoms with Gasteiger partial charge < -0.3 is 5.32 Å². The summed E-state index contributed by atoms with van der Waals surface area (Å²) in [5, 5.41) is 3.80. The normalized spacial score (nSPS) is 33.4. The smallest absolute Gasteiger partial charge is 0.0252 e. The number of rotatable bonds is 3. The molecule has 0 spiro atoms. The summed E-state index contributed by atoms with van der Waals surface area (Å²) in [6.45, 7) is 13.4. The first-order chi connectivity index (χ1) is 10.0. The fraction of sp³-hybridized carbons (Fsp3) is 1.00. The van der Waals surface area contributed by atoms with Crippen LogP contribution in [0.25, 0.3) is 0 Å². The van der Waals surface area contributed by atoms with Gasteiger partial charge in [-0.05, 0) is 63.1 Å². The third-order valence-electron chi connectivity index (χ3n) is 5.87. The number of nitrogens with one attached hydrogen (secondary N) is 1. The molecule has 0 amide bonds. The zero-order valence-corrected chi connectivity index (χ0v) is 15.0. The molecule has 1 aliphatic carbocycles. The second kappa shape index (κ2) is 7.97. The number of likely N-dealkylation sites (N-methyl/N-ethyl adjacent to an activating group) is 1. The lowest BCUT2D eigenvalue weighted by atomic mass is 9.69. The monoisotopic (exact) mass is 294 g/mol. The molecule has 2 fully saturated rings. The highest BCUT2D eigenvalue weighted by atomic mass is 15.2. The molecule has 0 bridgehead atoms. The molecule has 2 nitrogen and oxygen atoms in total. The quantitative estimate of drug-likeness (QED) is 0.827. The molecular formula is C19H38N2. The van der Waals surface area contributed by atoms with Crippen molar-refractivity contribution in [2.75, 3.05) is 19.6 Å². The highest BCUT2D eigenvalue weighted by Crippen LogP contribution is 2.39. The van der Waals surface area contributed by atoms with E-state index in [0.717, 1.165) is 24.5 Å². The first-order valence-electron chi connectivity index (χ1n) is 9.49. The average molecular weight is 295 g/mol. The Labute approximate surface area is 133 Å². The van der Waals surface area contributed by atoms with Gasteiger partial charge in [-0.25, -0.2) is 0 Å². The molecule has 3 atom stereocenters. The molecule has 2 heteroatoms. The Bertz CT molecular complexity index is 286. The summed E-state index contributed by atoms with van der Waals surface area (Å²) in [6.07, 6.45) is 11.4. The van der Waals surface area contributed by atoms with Gasteiger partial charge in [-0.1, -0.05) is 47.0 Å². The fourth-order valence-corrected chi connectivity index (χ4v) is 4.44. The molecule has 1 saturated heterocycles. The van der Waals surface area contributed by atoms with E-state index in [1.165, 1.54) is 64.5 Å². The topological polar surface area (TPSA) is 15.3 Å². The van der Waals surface area contributed by atoms with E-state index in [0.29, 0.717) is 5.41 Å². The van der Waals surface area contributed by atoms with Crippen LogP contribution in [0.15, 0.2) is 0 Å². The second-order valence-electron chi connectivity index (χ2n) is 8.41. The Balaban J connectivity index is 2.04. The first kappa shape index (κ1) is 17.3. The second-order valence-corrected chi connectivity index (χ2v) is 8.41. The van der Waals surface area contributed by atoms with Crippen LogP contribution in [0.1, 0.15) is 79.1 Å². The van der Waals surface area contributed by atoms with Crippen molar-refractivity contribution < 1.29 is 0 Å². The molecule has 21 heavy (non-hydrogen) atoms. The summed E-state index contributed by atoms with van der Waals surface area (Å²) < 4.78 is 0. The summed E-state index contributed by atoms with van der Waals surface area (Å²) in [5.74, 6) is 0.892. The third kappa shape index (κ3) is 4.96. The van der Waals surface area contributed by atoms with Crippen LogP contribution in [0.4, 0.5) is 0 Å². The number of likely N-dealkylation sites (tertiary alicyclic amines) is 1. The van der Waals surface area contributed by atoms with E-state index in [1.54, 1.807) is 0 Å². The maximum absolute atomic E-state index is 3.80. The van der Waals surface area contributed by atoms with Crippen molar-refractivity contribution in [1.82, 2.24) is 10.2 Å². The minimum atomic E-state index is 0.470. The van der Waals surface area contributed by atoms with Crippen LogP contribution < -0.4 is 5.32 Å². The van der Waals surface area contributed by atoms with Gasteiger partial charge in [0.15, 0.2) is 0 Å². The van der Waals surface area contributed by atoms with E-state index in [1.807, 2.05) is 0 Å². The van der Waals surface area contributed by atoms with Gasteiger partial charge in [-0.3, -0.25) is 4.90 Å². The van der Waals surface area contributed by atoms with Gasteiger partial charge in [0, 0.05) is 12.1 Å². The molecule has 3 unspecified atom stereocenters. The van der Waals surface area contributed by atoms with Gasteiger partial charge in [-0.2, -0.15) is 0 Å². The van der Waals surface area contributed by atoms with E-state index in [-0.39, 0.29) is 0 Å². The van der Waals surface area contributed by atoms with Crippen molar-refractivity contribution in [3.05, 3.63) is 0 Å². The fourth-order valence-electron chi connectivity index (χ4n) is 4.44. The van der Waals surface area contributed by atoms with Gasteiger partial charge in [0.25, 0.3) is 0 Å². The van der Waals surface area contributed by atoms with E-state index in [4.69, 9.17) is 0 Å². The van der Waals surface area contributed by atoms with E-state index in [2.05, 4.69) is 37.9 Å².